The first kappa shape index (κ1) is 23.2. The lowest BCUT2D eigenvalue weighted by atomic mass is 10.0. The van der Waals surface area contributed by atoms with Gasteiger partial charge in [0.15, 0.2) is 23.0 Å². The number of rotatable bonds is 8. The van der Waals surface area contributed by atoms with Gasteiger partial charge in [-0.15, -0.1) is 0 Å². The van der Waals surface area contributed by atoms with Crippen LogP contribution in [0.25, 0.3) is 11.6 Å². The van der Waals surface area contributed by atoms with Gasteiger partial charge in [0, 0.05) is 0 Å². The van der Waals surface area contributed by atoms with E-state index in [9.17, 15) is 10.1 Å². The van der Waals surface area contributed by atoms with Gasteiger partial charge in [-0.2, -0.15) is 5.26 Å². The SMILES string of the molecule is COc1cc(C=C(C#N)c2ccccc2)ccc1OC(=O)c1cc(OC)c(OC)c(OC)c1. The van der Waals surface area contributed by atoms with Crippen molar-refractivity contribution in [3.05, 3.63) is 77.4 Å². The van der Waals surface area contributed by atoms with E-state index < -0.39 is 5.97 Å². The Hall–Kier alpha value is -4.44. The molecule has 0 unspecified atom stereocenters. The third-order valence-electron chi connectivity index (χ3n) is 4.81. The van der Waals surface area contributed by atoms with Crippen molar-refractivity contribution in [2.75, 3.05) is 28.4 Å². The highest BCUT2D eigenvalue weighted by molar-refractivity contribution is 5.93. The van der Waals surface area contributed by atoms with Crippen LogP contribution < -0.4 is 23.7 Å². The summed E-state index contributed by atoms with van der Waals surface area (Å²) in [5.41, 5.74) is 2.24. The molecule has 0 aliphatic carbocycles. The quantitative estimate of drug-likeness (QED) is 0.209. The molecule has 0 amide bonds. The number of methoxy groups -OCH3 is 4. The zero-order chi connectivity index (χ0) is 23.8. The number of nitrogens with zero attached hydrogens (tertiary/aromatic N) is 1. The molecule has 0 saturated carbocycles. The molecule has 0 fully saturated rings. The fourth-order valence-corrected chi connectivity index (χ4v) is 3.18. The van der Waals surface area contributed by atoms with Crippen LogP contribution in [0.5, 0.6) is 28.7 Å². The lowest BCUT2D eigenvalue weighted by Gasteiger charge is -2.14. The maximum atomic E-state index is 12.8. The summed E-state index contributed by atoms with van der Waals surface area (Å²) in [6, 6.07) is 19.6. The van der Waals surface area contributed by atoms with Crippen LogP contribution in [0.15, 0.2) is 60.7 Å². The van der Waals surface area contributed by atoms with Gasteiger partial charge >= 0.3 is 5.97 Å². The molecule has 7 nitrogen and oxygen atoms in total. The lowest BCUT2D eigenvalue weighted by molar-refractivity contribution is 0.0728. The Balaban J connectivity index is 1.90. The van der Waals surface area contributed by atoms with Crippen molar-refractivity contribution in [2.24, 2.45) is 0 Å². The minimum atomic E-state index is -0.627. The highest BCUT2D eigenvalue weighted by atomic mass is 16.6. The van der Waals surface area contributed by atoms with E-state index in [1.54, 1.807) is 24.3 Å². The summed E-state index contributed by atoms with van der Waals surface area (Å²) in [5.74, 6) is 0.985. The molecule has 0 aliphatic rings. The number of esters is 1. The van der Waals surface area contributed by atoms with E-state index in [2.05, 4.69) is 6.07 Å². The zero-order valence-electron chi connectivity index (χ0n) is 18.7. The second-order valence-corrected chi connectivity index (χ2v) is 6.75. The monoisotopic (exact) mass is 445 g/mol. The van der Waals surface area contributed by atoms with Gasteiger partial charge in [-0.1, -0.05) is 36.4 Å². The second-order valence-electron chi connectivity index (χ2n) is 6.75. The molecule has 33 heavy (non-hydrogen) atoms. The average Bonchev–Trinajstić information content (AvgIpc) is 2.87. The first-order chi connectivity index (χ1) is 16.0. The minimum absolute atomic E-state index is 0.214. The minimum Gasteiger partial charge on any atom is -0.493 e. The second kappa shape index (κ2) is 10.7. The summed E-state index contributed by atoms with van der Waals surface area (Å²) in [6.07, 6.45) is 1.74. The number of hydrogen-bond donors (Lipinski definition) is 0. The lowest BCUT2D eigenvalue weighted by Crippen LogP contribution is -2.10. The summed E-state index contributed by atoms with van der Waals surface area (Å²) in [5, 5.41) is 9.54. The summed E-state index contributed by atoms with van der Waals surface area (Å²) < 4.78 is 26.8. The van der Waals surface area contributed by atoms with Crippen LogP contribution in [0.1, 0.15) is 21.5 Å². The fraction of sp³-hybridized carbons (Fsp3) is 0.154. The van der Waals surface area contributed by atoms with E-state index in [0.717, 1.165) is 11.1 Å². The van der Waals surface area contributed by atoms with E-state index in [4.69, 9.17) is 23.7 Å². The van der Waals surface area contributed by atoms with Gasteiger partial charge in [0.2, 0.25) is 5.75 Å². The third-order valence-corrected chi connectivity index (χ3v) is 4.81. The Morgan fingerprint density at radius 3 is 1.94 bits per heavy atom. The molecule has 168 valence electrons. The van der Waals surface area contributed by atoms with Crippen LogP contribution in [0, 0.1) is 11.3 Å². The molecule has 0 radical (unpaired) electrons. The largest absolute Gasteiger partial charge is 0.493 e. The Kier molecular flexibility index (Phi) is 7.55. The van der Waals surface area contributed by atoms with Gasteiger partial charge in [0.25, 0.3) is 0 Å². The molecule has 0 heterocycles. The number of ether oxygens (including phenoxy) is 5. The van der Waals surface area contributed by atoms with E-state index in [1.165, 1.54) is 40.6 Å². The first-order valence-corrected chi connectivity index (χ1v) is 9.92. The van der Waals surface area contributed by atoms with E-state index >= 15 is 0 Å². The van der Waals surface area contributed by atoms with Gasteiger partial charge in [-0.25, -0.2) is 4.79 Å². The normalized spacial score (nSPS) is 10.7. The van der Waals surface area contributed by atoms with Crippen LogP contribution in [-0.2, 0) is 0 Å². The van der Waals surface area contributed by atoms with Crippen LogP contribution >= 0.6 is 0 Å². The highest BCUT2D eigenvalue weighted by Crippen LogP contribution is 2.39. The molecule has 0 spiro atoms. The molecular formula is C26H23NO6. The molecule has 3 aromatic carbocycles. The number of benzene rings is 3. The first-order valence-electron chi connectivity index (χ1n) is 9.92. The Bertz CT molecular complexity index is 1190. The molecule has 0 atom stereocenters. The van der Waals surface area contributed by atoms with Crippen molar-refractivity contribution < 1.29 is 28.5 Å². The maximum Gasteiger partial charge on any atom is 0.343 e. The van der Waals surface area contributed by atoms with Crippen molar-refractivity contribution in [3.8, 4) is 34.8 Å². The smallest absolute Gasteiger partial charge is 0.343 e. The Morgan fingerprint density at radius 1 is 0.758 bits per heavy atom. The van der Waals surface area contributed by atoms with Crippen molar-refractivity contribution in [1.82, 2.24) is 0 Å². The number of carbonyl (C=O) groups is 1. The van der Waals surface area contributed by atoms with Crippen molar-refractivity contribution in [1.29, 1.82) is 5.26 Å². The molecule has 0 aliphatic heterocycles. The number of carbonyl (C=O) groups excluding carboxylic acids is 1. The predicted molar refractivity (Wildman–Crippen MR) is 124 cm³/mol. The molecule has 0 saturated heterocycles. The maximum absolute atomic E-state index is 12.8. The van der Waals surface area contributed by atoms with Crippen LogP contribution in [0.3, 0.4) is 0 Å². The van der Waals surface area contributed by atoms with E-state index in [1.807, 2.05) is 30.3 Å². The van der Waals surface area contributed by atoms with Crippen LogP contribution in [-0.4, -0.2) is 34.4 Å². The highest BCUT2D eigenvalue weighted by Gasteiger charge is 2.19. The molecule has 0 N–H and O–H groups in total. The van der Waals surface area contributed by atoms with Crippen molar-refractivity contribution in [3.63, 3.8) is 0 Å². The zero-order valence-corrected chi connectivity index (χ0v) is 18.7. The molecule has 3 rings (SSSR count). The van der Waals surface area contributed by atoms with Crippen LogP contribution in [0.4, 0.5) is 0 Å². The topological polar surface area (TPSA) is 87.0 Å². The molecule has 3 aromatic rings. The van der Waals surface area contributed by atoms with E-state index in [0.29, 0.717) is 28.6 Å². The Morgan fingerprint density at radius 2 is 1.39 bits per heavy atom. The number of allylic oxidation sites excluding steroid dienone is 1. The average molecular weight is 445 g/mol. The molecule has 0 bridgehead atoms. The summed E-state index contributed by atoms with van der Waals surface area (Å²) in [7, 11) is 5.88. The van der Waals surface area contributed by atoms with Gasteiger partial charge in [-0.3, -0.25) is 0 Å². The third kappa shape index (κ3) is 5.25. The summed E-state index contributed by atoms with van der Waals surface area (Å²) >= 11 is 0. The summed E-state index contributed by atoms with van der Waals surface area (Å²) in [6.45, 7) is 0. The van der Waals surface area contributed by atoms with Gasteiger partial charge in [-0.05, 0) is 41.5 Å². The molecule has 7 heteroatoms. The Labute approximate surface area is 192 Å². The van der Waals surface area contributed by atoms with Gasteiger partial charge in [0.05, 0.1) is 45.6 Å². The van der Waals surface area contributed by atoms with Crippen LogP contribution in [0.2, 0.25) is 0 Å². The van der Waals surface area contributed by atoms with E-state index in [-0.39, 0.29) is 11.3 Å². The summed E-state index contributed by atoms with van der Waals surface area (Å²) in [4.78, 5) is 12.8. The number of nitriles is 1. The van der Waals surface area contributed by atoms with Crippen molar-refractivity contribution in [2.45, 2.75) is 0 Å². The standard InChI is InChI=1S/C26H23NO6/c1-29-22-13-17(12-20(16-27)18-8-6-5-7-9-18)10-11-21(22)33-26(28)19-14-23(30-2)25(32-4)24(15-19)31-3/h5-15H,1-4H3. The molecule has 0 aromatic heterocycles. The predicted octanol–water partition coefficient (Wildman–Crippen LogP) is 5.00. The molecular weight excluding hydrogens is 422 g/mol. The number of hydrogen-bond acceptors (Lipinski definition) is 7. The van der Waals surface area contributed by atoms with Crippen molar-refractivity contribution >= 4 is 17.6 Å². The fourth-order valence-electron chi connectivity index (χ4n) is 3.18. The van der Waals surface area contributed by atoms with Gasteiger partial charge < -0.3 is 23.7 Å². The van der Waals surface area contributed by atoms with Gasteiger partial charge in [0.1, 0.15) is 0 Å².